The number of hydrogen-bond acceptors (Lipinski definition) is 8. The van der Waals surface area contributed by atoms with E-state index in [-0.39, 0.29) is 17.6 Å². The second-order valence-corrected chi connectivity index (χ2v) is 8.41. The fraction of sp³-hybridized carbons (Fsp3) is 0.273. The molecule has 0 amide bonds. The van der Waals surface area contributed by atoms with Crippen LogP contribution in [0, 0.1) is 0 Å². The van der Waals surface area contributed by atoms with Crippen molar-refractivity contribution in [2.75, 3.05) is 10.6 Å². The highest BCUT2D eigenvalue weighted by Gasteiger charge is 2.25. The van der Waals surface area contributed by atoms with Crippen LogP contribution in [-0.2, 0) is 7.05 Å². The van der Waals surface area contributed by atoms with Gasteiger partial charge in [-0.1, -0.05) is 11.6 Å². The Hall–Kier alpha value is -3.79. The summed E-state index contributed by atoms with van der Waals surface area (Å²) < 4.78 is 2.50. The minimum Gasteiger partial charge on any atom is -0.367 e. The molecule has 0 unspecified atom stereocenters. The van der Waals surface area contributed by atoms with Crippen LogP contribution in [0.4, 0.5) is 11.8 Å². The lowest BCUT2D eigenvalue weighted by atomic mass is 10.2. The highest BCUT2D eigenvalue weighted by molar-refractivity contribution is 6.30. The Kier molecular flexibility index (Phi) is 5.51. The highest BCUT2D eigenvalue weighted by atomic mass is 35.5. The molecule has 10 nitrogen and oxygen atoms in total. The SMILES string of the molecule is Cn1c(=O)n(-c2ccc(N[C@H]3CC[C@H](Nc4ncc(Cl)cn4)C3)nc2)c(=O)c2ncccc21. The molecule has 4 aromatic heterocycles. The third kappa shape index (κ3) is 4.17. The van der Waals surface area contributed by atoms with Crippen molar-refractivity contribution in [2.45, 2.75) is 31.3 Å². The molecule has 4 aromatic rings. The molecule has 0 radical (unpaired) electrons. The summed E-state index contributed by atoms with van der Waals surface area (Å²) in [6.07, 6.45) is 9.00. The van der Waals surface area contributed by atoms with Crippen LogP contribution in [0.25, 0.3) is 16.7 Å². The van der Waals surface area contributed by atoms with Gasteiger partial charge in [0.25, 0.3) is 5.56 Å². The average molecular weight is 465 g/mol. The number of nitrogens with one attached hydrogen (secondary N) is 2. The van der Waals surface area contributed by atoms with Gasteiger partial charge in [-0.2, -0.15) is 0 Å². The molecule has 2 N–H and O–H groups in total. The van der Waals surface area contributed by atoms with Gasteiger partial charge in [0, 0.05) is 25.3 Å². The Morgan fingerprint density at radius 1 is 0.970 bits per heavy atom. The van der Waals surface area contributed by atoms with Crippen LogP contribution in [0.15, 0.2) is 58.6 Å². The zero-order valence-corrected chi connectivity index (χ0v) is 18.5. The van der Waals surface area contributed by atoms with Crippen LogP contribution < -0.4 is 21.9 Å². The van der Waals surface area contributed by atoms with Crippen LogP contribution in [0.2, 0.25) is 5.02 Å². The summed E-state index contributed by atoms with van der Waals surface area (Å²) in [6, 6.07) is 7.35. The lowest BCUT2D eigenvalue weighted by Gasteiger charge is -2.15. The van der Waals surface area contributed by atoms with Gasteiger partial charge >= 0.3 is 5.69 Å². The summed E-state index contributed by atoms with van der Waals surface area (Å²) in [5.41, 5.74) is 0.200. The van der Waals surface area contributed by atoms with E-state index >= 15 is 0 Å². The molecule has 0 aliphatic heterocycles. The maximum absolute atomic E-state index is 12.9. The van der Waals surface area contributed by atoms with Gasteiger partial charge in [-0.25, -0.2) is 29.3 Å². The Balaban J connectivity index is 1.30. The first-order valence-electron chi connectivity index (χ1n) is 10.5. The van der Waals surface area contributed by atoms with Crippen LogP contribution in [0.5, 0.6) is 0 Å². The standard InChI is InChI=1S/C22H21ClN8O2/c1-30-17-3-2-8-24-19(17)20(32)31(22(30)33)16-6-7-18(25-12-16)28-14-4-5-15(9-14)29-21-26-10-13(23)11-27-21/h2-3,6-8,10-12,14-15H,4-5,9H2,1H3,(H,25,28)(H,26,27,29)/t14-,15-/m0/s1. The second-order valence-electron chi connectivity index (χ2n) is 7.98. The van der Waals surface area contributed by atoms with Gasteiger partial charge in [0.15, 0.2) is 5.52 Å². The van der Waals surface area contributed by atoms with E-state index in [9.17, 15) is 9.59 Å². The van der Waals surface area contributed by atoms with E-state index in [2.05, 4.69) is 30.6 Å². The molecule has 1 saturated carbocycles. The van der Waals surface area contributed by atoms with Crippen LogP contribution in [0.3, 0.4) is 0 Å². The number of aryl methyl sites for hydroxylation is 1. The number of aromatic nitrogens is 6. The van der Waals surface area contributed by atoms with E-state index in [0.29, 0.717) is 28.0 Å². The topological polar surface area (TPSA) is 120 Å². The Morgan fingerprint density at radius 2 is 1.73 bits per heavy atom. The van der Waals surface area contributed by atoms with E-state index in [1.165, 1.54) is 17.0 Å². The lowest BCUT2D eigenvalue weighted by Crippen LogP contribution is -2.38. The molecule has 0 spiro atoms. The molecule has 1 aliphatic rings. The van der Waals surface area contributed by atoms with E-state index in [1.54, 1.807) is 43.7 Å². The van der Waals surface area contributed by atoms with Crippen molar-refractivity contribution >= 4 is 34.4 Å². The molecule has 0 bridgehead atoms. The fourth-order valence-corrected chi connectivity index (χ4v) is 4.23. The number of hydrogen-bond donors (Lipinski definition) is 2. The molecule has 1 aliphatic carbocycles. The van der Waals surface area contributed by atoms with Gasteiger partial charge in [-0.15, -0.1) is 0 Å². The van der Waals surface area contributed by atoms with Crippen molar-refractivity contribution in [1.82, 2.24) is 29.1 Å². The molecule has 2 atom stereocenters. The summed E-state index contributed by atoms with van der Waals surface area (Å²) in [7, 11) is 1.62. The van der Waals surface area contributed by atoms with Crippen molar-refractivity contribution in [3.05, 3.63) is 74.9 Å². The van der Waals surface area contributed by atoms with E-state index in [4.69, 9.17) is 11.6 Å². The van der Waals surface area contributed by atoms with Crippen LogP contribution in [-0.4, -0.2) is 41.2 Å². The van der Waals surface area contributed by atoms with Crippen LogP contribution in [0.1, 0.15) is 19.3 Å². The molecule has 1 fully saturated rings. The number of nitrogens with zero attached hydrogens (tertiary/aromatic N) is 6. The highest BCUT2D eigenvalue weighted by Crippen LogP contribution is 2.25. The molecule has 4 heterocycles. The number of halogens is 1. The molecule has 0 saturated heterocycles. The maximum atomic E-state index is 12.9. The first kappa shape index (κ1) is 21.1. The van der Waals surface area contributed by atoms with Crippen molar-refractivity contribution < 1.29 is 0 Å². The Labute approximate surface area is 193 Å². The first-order valence-corrected chi connectivity index (χ1v) is 10.9. The second kappa shape index (κ2) is 8.62. The molecular weight excluding hydrogens is 444 g/mol. The van der Waals surface area contributed by atoms with Crippen molar-refractivity contribution in [2.24, 2.45) is 7.05 Å². The zero-order chi connectivity index (χ0) is 22.9. The third-order valence-electron chi connectivity index (χ3n) is 5.78. The summed E-state index contributed by atoms with van der Waals surface area (Å²) in [4.78, 5) is 42.6. The van der Waals surface area contributed by atoms with Crippen LogP contribution >= 0.6 is 11.6 Å². The monoisotopic (exact) mass is 464 g/mol. The quantitative estimate of drug-likeness (QED) is 0.462. The van der Waals surface area contributed by atoms with Crippen molar-refractivity contribution in [1.29, 1.82) is 0 Å². The van der Waals surface area contributed by atoms with E-state index in [0.717, 1.165) is 23.8 Å². The predicted molar refractivity (Wildman–Crippen MR) is 126 cm³/mol. The number of anilines is 2. The number of fused-ring (bicyclic) bond motifs is 1. The lowest BCUT2D eigenvalue weighted by molar-refractivity contribution is 0.716. The maximum Gasteiger partial charge on any atom is 0.336 e. The van der Waals surface area contributed by atoms with Gasteiger partial charge in [-0.05, 0) is 43.5 Å². The van der Waals surface area contributed by atoms with Gasteiger partial charge in [0.1, 0.15) is 5.82 Å². The summed E-state index contributed by atoms with van der Waals surface area (Å²) >= 11 is 5.83. The predicted octanol–water partition coefficient (Wildman–Crippen LogP) is 2.37. The molecule has 5 rings (SSSR count). The fourth-order valence-electron chi connectivity index (χ4n) is 4.13. The van der Waals surface area contributed by atoms with Gasteiger partial charge in [0.05, 0.1) is 34.8 Å². The number of pyridine rings is 2. The van der Waals surface area contributed by atoms with Crippen molar-refractivity contribution in [3.8, 4) is 5.69 Å². The first-order chi connectivity index (χ1) is 16.0. The average Bonchev–Trinajstić information content (AvgIpc) is 3.27. The largest absolute Gasteiger partial charge is 0.367 e. The summed E-state index contributed by atoms with van der Waals surface area (Å²) in [5.74, 6) is 1.24. The number of rotatable bonds is 5. The van der Waals surface area contributed by atoms with Gasteiger partial charge < -0.3 is 10.6 Å². The minimum absolute atomic E-state index is 0.230. The molecule has 168 valence electrons. The molecule has 33 heavy (non-hydrogen) atoms. The van der Waals surface area contributed by atoms with Gasteiger partial charge in [-0.3, -0.25) is 9.36 Å². The molecular formula is C22H21ClN8O2. The smallest absolute Gasteiger partial charge is 0.336 e. The third-order valence-corrected chi connectivity index (χ3v) is 5.97. The summed E-state index contributed by atoms with van der Waals surface area (Å²) in [6.45, 7) is 0. The Morgan fingerprint density at radius 3 is 2.45 bits per heavy atom. The Bertz CT molecular complexity index is 1420. The van der Waals surface area contributed by atoms with E-state index in [1.807, 2.05) is 0 Å². The van der Waals surface area contributed by atoms with Crippen molar-refractivity contribution in [3.63, 3.8) is 0 Å². The minimum atomic E-state index is -0.467. The molecule has 0 aromatic carbocycles. The molecule has 11 heteroatoms. The summed E-state index contributed by atoms with van der Waals surface area (Å²) in [5, 5.41) is 7.24. The zero-order valence-electron chi connectivity index (χ0n) is 17.8. The van der Waals surface area contributed by atoms with E-state index < -0.39 is 11.2 Å². The normalized spacial score (nSPS) is 17.9. The van der Waals surface area contributed by atoms with Gasteiger partial charge in [0.2, 0.25) is 5.95 Å².